The van der Waals surface area contributed by atoms with E-state index in [1.165, 1.54) is 4.57 Å². The number of carbonyl (C=O) groups is 1. The van der Waals surface area contributed by atoms with E-state index in [-0.39, 0.29) is 11.4 Å². The minimum Gasteiger partial charge on any atom is -0.459 e. The maximum absolute atomic E-state index is 11.9. The van der Waals surface area contributed by atoms with Crippen LogP contribution in [0.2, 0.25) is 0 Å². The van der Waals surface area contributed by atoms with Crippen LogP contribution in [0.3, 0.4) is 0 Å². The minimum atomic E-state index is -0.546. The molecule has 0 spiro atoms. The van der Waals surface area contributed by atoms with Gasteiger partial charge in [-0.25, -0.2) is 0 Å². The highest BCUT2D eigenvalue weighted by Gasteiger charge is 2.18. The van der Waals surface area contributed by atoms with Gasteiger partial charge in [0.15, 0.2) is 0 Å². The number of carbonyl (C=O) groups excluding carboxylic acids is 1. The molecule has 0 aliphatic heterocycles. The Hall–Kier alpha value is -1.14. The molecule has 6 heteroatoms. The van der Waals surface area contributed by atoms with E-state index < -0.39 is 11.6 Å². The predicted octanol–water partition coefficient (Wildman–Crippen LogP) is 3.17. The first-order valence-corrected chi connectivity index (χ1v) is 7.38. The summed E-state index contributed by atoms with van der Waals surface area (Å²) in [5.41, 5.74) is 0.208. The molecule has 0 N–H and O–H groups in total. The number of hydrogen-bond acceptors (Lipinski definition) is 4. The topological polar surface area (TPSA) is 48.3 Å². The van der Waals surface area contributed by atoms with Crippen molar-refractivity contribution >= 4 is 43.5 Å². The fraction of sp³-hybridized carbons (Fsp3) is 0.385. The second-order valence-electron chi connectivity index (χ2n) is 5.15. The third-order valence-corrected chi connectivity index (χ3v) is 3.77. The van der Waals surface area contributed by atoms with Crippen LogP contribution in [0.25, 0.3) is 10.2 Å². The number of hydrogen-bond donors (Lipinski definition) is 0. The molecule has 0 saturated heterocycles. The van der Waals surface area contributed by atoms with Gasteiger partial charge in [0.25, 0.3) is 0 Å². The average molecular weight is 344 g/mol. The smallest absolute Gasteiger partial charge is 0.326 e. The molecule has 0 bridgehead atoms. The lowest BCUT2D eigenvalue weighted by Gasteiger charge is -2.19. The number of ether oxygens (including phenoxy) is 1. The Morgan fingerprint density at radius 3 is 2.74 bits per heavy atom. The molecule has 2 aromatic rings. The molecular weight excluding hydrogens is 330 g/mol. The van der Waals surface area contributed by atoms with Crippen LogP contribution in [0.15, 0.2) is 27.5 Å². The maximum atomic E-state index is 11.9. The van der Waals surface area contributed by atoms with Gasteiger partial charge in [-0.2, -0.15) is 0 Å². The van der Waals surface area contributed by atoms with Gasteiger partial charge in [0.05, 0.1) is 10.2 Å². The Morgan fingerprint density at radius 1 is 1.42 bits per heavy atom. The Morgan fingerprint density at radius 2 is 2.11 bits per heavy atom. The van der Waals surface area contributed by atoms with Crippen LogP contribution in [0.4, 0.5) is 0 Å². The van der Waals surface area contributed by atoms with Gasteiger partial charge in [-0.3, -0.25) is 14.2 Å². The van der Waals surface area contributed by atoms with Crippen molar-refractivity contribution < 1.29 is 9.53 Å². The fourth-order valence-electron chi connectivity index (χ4n) is 1.69. The highest BCUT2D eigenvalue weighted by Crippen LogP contribution is 2.22. The summed E-state index contributed by atoms with van der Waals surface area (Å²) in [6.07, 6.45) is 0. The van der Waals surface area contributed by atoms with Gasteiger partial charge in [-0.1, -0.05) is 27.3 Å². The number of nitrogens with zero attached hydrogens (tertiary/aromatic N) is 1. The lowest BCUT2D eigenvalue weighted by Crippen LogP contribution is -2.28. The normalized spacial score (nSPS) is 11.8. The van der Waals surface area contributed by atoms with Gasteiger partial charge >= 0.3 is 10.8 Å². The largest absolute Gasteiger partial charge is 0.459 e. The fourth-order valence-corrected chi connectivity index (χ4v) is 3.14. The summed E-state index contributed by atoms with van der Waals surface area (Å²) in [4.78, 5) is 23.6. The third-order valence-electron chi connectivity index (χ3n) is 2.34. The Kier molecular flexibility index (Phi) is 3.82. The molecule has 0 aliphatic rings. The molecule has 0 radical (unpaired) electrons. The van der Waals surface area contributed by atoms with Crippen molar-refractivity contribution in [1.82, 2.24) is 4.57 Å². The standard InChI is InChI=1S/C13H14BrNO3S/c1-13(2,3)18-11(16)7-15-9-5-4-8(14)6-10(9)19-12(15)17/h4-6H,7H2,1-3H3. The minimum absolute atomic E-state index is 0.0578. The van der Waals surface area contributed by atoms with Crippen LogP contribution in [-0.4, -0.2) is 16.1 Å². The van der Waals surface area contributed by atoms with Crippen LogP contribution < -0.4 is 4.87 Å². The van der Waals surface area contributed by atoms with Gasteiger partial charge in [-0.15, -0.1) is 0 Å². The van der Waals surface area contributed by atoms with E-state index in [4.69, 9.17) is 4.74 Å². The van der Waals surface area contributed by atoms with Crippen molar-refractivity contribution in [3.8, 4) is 0 Å². The molecule has 0 fully saturated rings. The number of rotatable bonds is 2. The summed E-state index contributed by atoms with van der Waals surface area (Å²) >= 11 is 4.48. The van der Waals surface area contributed by atoms with Gasteiger partial charge in [0.2, 0.25) is 0 Å². The number of halogens is 1. The van der Waals surface area contributed by atoms with Gasteiger partial charge in [0, 0.05) is 4.47 Å². The highest BCUT2D eigenvalue weighted by molar-refractivity contribution is 9.10. The second-order valence-corrected chi connectivity index (χ2v) is 7.06. The monoisotopic (exact) mass is 343 g/mol. The number of esters is 1. The molecule has 0 saturated carbocycles. The van der Waals surface area contributed by atoms with Crippen molar-refractivity contribution in [1.29, 1.82) is 0 Å². The molecule has 19 heavy (non-hydrogen) atoms. The van der Waals surface area contributed by atoms with E-state index in [1.807, 2.05) is 18.2 Å². The average Bonchev–Trinajstić information content (AvgIpc) is 2.51. The van der Waals surface area contributed by atoms with Crippen LogP contribution in [0.5, 0.6) is 0 Å². The van der Waals surface area contributed by atoms with Crippen molar-refractivity contribution in [2.45, 2.75) is 32.9 Å². The molecule has 0 amide bonds. The SMILES string of the molecule is CC(C)(C)OC(=O)Cn1c(=O)sc2cc(Br)ccc21. The first kappa shape index (κ1) is 14.3. The summed E-state index contributed by atoms with van der Waals surface area (Å²) in [6, 6.07) is 5.54. The van der Waals surface area contributed by atoms with Gasteiger partial charge in [-0.05, 0) is 39.0 Å². The van der Waals surface area contributed by atoms with E-state index >= 15 is 0 Å². The Balaban J connectivity index is 2.33. The van der Waals surface area contributed by atoms with Crippen molar-refractivity contribution in [2.24, 2.45) is 0 Å². The van der Waals surface area contributed by atoms with Crippen LogP contribution >= 0.6 is 27.3 Å². The molecule has 0 aliphatic carbocycles. The first-order valence-electron chi connectivity index (χ1n) is 5.77. The molecule has 0 unspecified atom stereocenters. The molecule has 1 heterocycles. The quantitative estimate of drug-likeness (QED) is 0.787. The van der Waals surface area contributed by atoms with Crippen LogP contribution in [-0.2, 0) is 16.1 Å². The second kappa shape index (κ2) is 5.09. The van der Waals surface area contributed by atoms with Crippen LogP contribution in [0.1, 0.15) is 20.8 Å². The van der Waals surface area contributed by atoms with Crippen molar-refractivity contribution in [3.63, 3.8) is 0 Å². The maximum Gasteiger partial charge on any atom is 0.326 e. The number of fused-ring (bicyclic) bond motifs is 1. The zero-order valence-electron chi connectivity index (χ0n) is 10.9. The van der Waals surface area contributed by atoms with E-state index in [1.54, 1.807) is 20.8 Å². The molecule has 102 valence electrons. The van der Waals surface area contributed by atoms with E-state index in [9.17, 15) is 9.59 Å². The van der Waals surface area contributed by atoms with E-state index in [0.29, 0.717) is 0 Å². The zero-order valence-corrected chi connectivity index (χ0v) is 13.3. The molecule has 0 atom stereocenters. The van der Waals surface area contributed by atoms with Crippen molar-refractivity contribution in [3.05, 3.63) is 32.3 Å². The molecule has 1 aromatic heterocycles. The predicted molar refractivity (Wildman–Crippen MR) is 79.6 cm³/mol. The summed E-state index contributed by atoms with van der Waals surface area (Å²) < 4.78 is 8.44. The van der Waals surface area contributed by atoms with E-state index in [0.717, 1.165) is 26.0 Å². The molecule has 4 nitrogen and oxygen atoms in total. The molecule has 2 rings (SSSR count). The number of aromatic nitrogens is 1. The summed E-state index contributed by atoms with van der Waals surface area (Å²) in [7, 11) is 0. The Bertz CT molecular complexity index is 681. The Labute approximate surface area is 123 Å². The van der Waals surface area contributed by atoms with Crippen molar-refractivity contribution in [2.75, 3.05) is 0 Å². The van der Waals surface area contributed by atoms with Gasteiger partial charge in [0.1, 0.15) is 12.1 Å². The molecule has 1 aromatic carbocycles. The summed E-state index contributed by atoms with van der Waals surface area (Å²) in [6.45, 7) is 5.35. The third kappa shape index (κ3) is 3.45. The zero-order chi connectivity index (χ0) is 14.2. The number of benzene rings is 1. The van der Waals surface area contributed by atoms with Gasteiger partial charge < -0.3 is 4.74 Å². The first-order chi connectivity index (χ1) is 8.76. The van der Waals surface area contributed by atoms with E-state index in [2.05, 4.69) is 15.9 Å². The molecular formula is C13H14BrNO3S. The lowest BCUT2D eigenvalue weighted by molar-refractivity contribution is -0.155. The highest BCUT2D eigenvalue weighted by atomic mass is 79.9. The lowest BCUT2D eigenvalue weighted by atomic mass is 10.2. The summed E-state index contributed by atoms with van der Waals surface area (Å²) in [5, 5.41) is 0. The summed E-state index contributed by atoms with van der Waals surface area (Å²) in [5.74, 6) is -0.405. The van der Waals surface area contributed by atoms with Crippen LogP contribution in [0, 0.1) is 0 Å². The number of thiazole rings is 1.